The normalized spacial score (nSPS) is 11.9. The van der Waals surface area contributed by atoms with Crippen molar-refractivity contribution < 1.29 is 24.2 Å². The van der Waals surface area contributed by atoms with Gasteiger partial charge in [-0.05, 0) is 13.0 Å². The molecule has 1 heterocycles. The number of hydrogen-bond acceptors (Lipinski definition) is 5. The molecular formula is C15H15NO5. The first kappa shape index (κ1) is 14.8. The van der Waals surface area contributed by atoms with Crippen LogP contribution in [0, 0.1) is 0 Å². The molecule has 6 nitrogen and oxygen atoms in total. The minimum atomic E-state index is -1.41. The van der Waals surface area contributed by atoms with Gasteiger partial charge >= 0.3 is 11.9 Å². The Morgan fingerprint density at radius 1 is 1.29 bits per heavy atom. The third kappa shape index (κ3) is 2.94. The van der Waals surface area contributed by atoms with Crippen LogP contribution in [0.25, 0.3) is 10.9 Å². The lowest BCUT2D eigenvalue weighted by Gasteiger charge is -2.14. The van der Waals surface area contributed by atoms with E-state index in [1.165, 1.54) is 7.11 Å². The summed E-state index contributed by atoms with van der Waals surface area (Å²) in [5.41, 5.74) is 0.703. The number of pyridine rings is 1. The number of esters is 1. The lowest BCUT2D eigenvalue weighted by molar-refractivity contribution is -0.153. The molecule has 0 aliphatic rings. The Morgan fingerprint density at radius 3 is 2.67 bits per heavy atom. The Hall–Kier alpha value is -2.63. The summed E-state index contributed by atoms with van der Waals surface area (Å²) in [6, 6.07) is 8.46. The highest BCUT2D eigenvalue weighted by Gasteiger charge is 2.31. The fourth-order valence-corrected chi connectivity index (χ4v) is 2.09. The number of aromatic nitrogens is 1. The van der Waals surface area contributed by atoms with Crippen LogP contribution in [0.3, 0.4) is 0 Å². The molecule has 2 aromatic rings. The van der Waals surface area contributed by atoms with Gasteiger partial charge in [-0.3, -0.25) is 9.59 Å². The molecule has 0 bridgehead atoms. The van der Waals surface area contributed by atoms with Crippen molar-refractivity contribution in [1.82, 2.24) is 4.98 Å². The molecule has 0 saturated carbocycles. The largest absolute Gasteiger partial charge is 0.481 e. The van der Waals surface area contributed by atoms with Crippen molar-refractivity contribution in [2.24, 2.45) is 0 Å². The van der Waals surface area contributed by atoms with Crippen LogP contribution in [0.5, 0.6) is 5.88 Å². The molecule has 0 amide bonds. The second kappa shape index (κ2) is 6.21. The summed E-state index contributed by atoms with van der Waals surface area (Å²) in [6.07, 6.45) is 0. The van der Waals surface area contributed by atoms with Crippen LogP contribution in [0.4, 0.5) is 0 Å². The number of carbonyl (C=O) groups is 2. The van der Waals surface area contributed by atoms with Crippen LogP contribution in [-0.2, 0) is 14.3 Å². The van der Waals surface area contributed by atoms with Crippen molar-refractivity contribution >= 4 is 22.8 Å². The zero-order valence-electron chi connectivity index (χ0n) is 11.7. The van der Waals surface area contributed by atoms with Gasteiger partial charge in [-0.2, -0.15) is 0 Å². The monoisotopic (exact) mass is 289 g/mol. The first-order valence-corrected chi connectivity index (χ1v) is 6.41. The lowest BCUT2D eigenvalue weighted by Crippen LogP contribution is -2.24. The molecule has 6 heteroatoms. The summed E-state index contributed by atoms with van der Waals surface area (Å²) in [5.74, 6) is -3.14. The van der Waals surface area contributed by atoms with E-state index in [1.807, 2.05) is 0 Å². The summed E-state index contributed by atoms with van der Waals surface area (Å²) >= 11 is 0. The van der Waals surface area contributed by atoms with E-state index in [0.717, 1.165) is 5.39 Å². The topological polar surface area (TPSA) is 85.7 Å². The van der Waals surface area contributed by atoms with E-state index in [9.17, 15) is 14.7 Å². The predicted octanol–water partition coefficient (Wildman–Crippen LogP) is 1.97. The zero-order valence-corrected chi connectivity index (χ0v) is 11.7. The molecular weight excluding hydrogens is 274 g/mol. The van der Waals surface area contributed by atoms with Crippen molar-refractivity contribution in [3.05, 3.63) is 35.9 Å². The van der Waals surface area contributed by atoms with E-state index in [4.69, 9.17) is 9.47 Å². The SMILES string of the molecule is CCOC(=O)C(C(=O)O)c1cccc2ccc(OC)nc12. The van der Waals surface area contributed by atoms with Crippen molar-refractivity contribution in [3.8, 4) is 5.88 Å². The molecule has 21 heavy (non-hydrogen) atoms. The number of fused-ring (bicyclic) bond motifs is 1. The quantitative estimate of drug-likeness (QED) is 0.669. The minimum absolute atomic E-state index is 0.115. The van der Waals surface area contributed by atoms with Gasteiger partial charge < -0.3 is 14.6 Å². The van der Waals surface area contributed by atoms with Gasteiger partial charge in [-0.15, -0.1) is 0 Å². The second-order valence-electron chi connectivity index (χ2n) is 4.30. The van der Waals surface area contributed by atoms with Gasteiger partial charge in [0.25, 0.3) is 0 Å². The predicted molar refractivity (Wildman–Crippen MR) is 75.3 cm³/mol. The Kier molecular flexibility index (Phi) is 4.37. The summed E-state index contributed by atoms with van der Waals surface area (Å²) < 4.78 is 9.90. The molecule has 110 valence electrons. The van der Waals surface area contributed by atoms with Crippen LogP contribution in [-0.4, -0.2) is 35.7 Å². The number of carboxylic acid groups (broad SMARTS) is 1. The van der Waals surface area contributed by atoms with Crippen LogP contribution >= 0.6 is 0 Å². The highest BCUT2D eigenvalue weighted by Crippen LogP contribution is 2.27. The number of carboxylic acids is 1. The molecule has 0 aliphatic heterocycles. The molecule has 1 unspecified atom stereocenters. The van der Waals surface area contributed by atoms with Crippen molar-refractivity contribution in [2.45, 2.75) is 12.8 Å². The molecule has 1 aromatic heterocycles. The maximum Gasteiger partial charge on any atom is 0.324 e. The van der Waals surface area contributed by atoms with Gasteiger partial charge in [0.15, 0.2) is 5.92 Å². The van der Waals surface area contributed by atoms with Gasteiger partial charge in [0, 0.05) is 17.0 Å². The first-order valence-electron chi connectivity index (χ1n) is 6.41. The lowest BCUT2D eigenvalue weighted by atomic mass is 9.96. The molecule has 0 fully saturated rings. The fourth-order valence-electron chi connectivity index (χ4n) is 2.09. The van der Waals surface area contributed by atoms with E-state index >= 15 is 0 Å². The standard InChI is InChI=1S/C15H15NO5/c1-3-21-15(19)12(14(17)18)10-6-4-5-9-7-8-11(20-2)16-13(9)10/h4-8,12H,3H2,1-2H3,(H,17,18). The number of methoxy groups -OCH3 is 1. The van der Waals surface area contributed by atoms with Crippen LogP contribution in [0.2, 0.25) is 0 Å². The highest BCUT2D eigenvalue weighted by atomic mass is 16.5. The maximum atomic E-state index is 11.9. The van der Waals surface area contributed by atoms with E-state index in [-0.39, 0.29) is 12.2 Å². The van der Waals surface area contributed by atoms with Gasteiger partial charge in [0.2, 0.25) is 5.88 Å². The molecule has 0 aliphatic carbocycles. The number of hydrogen-bond donors (Lipinski definition) is 1. The number of carbonyl (C=O) groups excluding carboxylic acids is 1. The summed E-state index contributed by atoms with van der Waals surface area (Å²) in [5, 5.41) is 10.1. The van der Waals surface area contributed by atoms with Gasteiger partial charge in [-0.25, -0.2) is 4.98 Å². The number of aliphatic carboxylic acids is 1. The third-order valence-electron chi connectivity index (χ3n) is 3.02. The van der Waals surface area contributed by atoms with Crippen molar-refractivity contribution in [2.75, 3.05) is 13.7 Å². The molecule has 1 N–H and O–H groups in total. The molecule has 1 atom stereocenters. The number of rotatable bonds is 5. The number of nitrogens with zero attached hydrogens (tertiary/aromatic N) is 1. The first-order chi connectivity index (χ1) is 10.1. The average molecular weight is 289 g/mol. The van der Waals surface area contributed by atoms with E-state index in [0.29, 0.717) is 11.4 Å². The van der Waals surface area contributed by atoms with E-state index in [2.05, 4.69) is 4.98 Å². The van der Waals surface area contributed by atoms with Crippen molar-refractivity contribution in [3.63, 3.8) is 0 Å². The zero-order chi connectivity index (χ0) is 15.4. The number of ether oxygens (including phenoxy) is 2. The summed E-state index contributed by atoms with van der Waals surface area (Å²) in [4.78, 5) is 27.6. The third-order valence-corrected chi connectivity index (χ3v) is 3.02. The average Bonchev–Trinajstić information content (AvgIpc) is 2.47. The van der Waals surface area contributed by atoms with Gasteiger partial charge in [-0.1, -0.05) is 18.2 Å². The second-order valence-corrected chi connectivity index (χ2v) is 4.30. The van der Waals surface area contributed by atoms with Crippen LogP contribution in [0.15, 0.2) is 30.3 Å². The van der Waals surface area contributed by atoms with E-state index in [1.54, 1.807) is 37.3 Å². The fraction of sp³-hybridized carbons (Fsp3) is 0.267. The molecule has 2 rings (SSSR count). The van der Waals surface area contributed by atoms with Gasteiger partial charge in [0.1, 0.15) is 0 Å². The molecule has 0 saturated heterocycles. The molecule has 0 radical (unpaired) electrons. The maximum absolute atomic E-state index is 11.9. The van der Waals surface area contributed by atoms with Crippen LogP contribution in [0.1, 0.15) is 18.4 Å². The summed E-state index contributed by atoms with van der Waals surface area (Å²) in [6.45, 7) is 1.74. The molecule has 1 aromatic carbocycles. The Balaban J connectivity index is 2.61. The van der Waals surface area contributed by atoms with Crippen LogP contribution < -0.4 is 4.74 Å². The highest BCUT2D eigenvalue weighted by molar-refractivity contribution is 6.03. The number of benzene rings is 1. The smallest absolute Gasteiger partial charge is 0.324 e. The minimum Gasteiger partial charge on any atom is -0.481 e. The Morgan fingerprint density at radius 2 is 2.05 bits per heavy atom. The number of para-hydroxylation sites is 1. The Labute approximate surface area is 121 Å². The van der Waals surface area contributed by atoms with Crippen molar-refractivity contribution in [1.29, 1.82) is 0 Å². The van der Waals surface area contributed by atoms with E-state index < -0.39 is 17.9 Å². The molecule has 0 spiro atoms. The summed E-state index contributed by atoms with van der Waals surface area (Å²) in [7, 11) is 1.47. The Bertz CT molecular complexity index is 683. The van der Waals surface area contributed by atoms with Gasteiger partial charge in [0.05, 0.1) is 19.2 Å².